The molecule has 1 aliphatic carbocycles. The molecule has 0 aliphatic heterocycles. The molecule has 0 radical (unpaired) electrons. The second kappa shape index (κ2) is 7.62. The predicted molar refractivity (Wildman–Crippen MR) is 86.0 cm³/mol. The molecule has 0 spiro atoms. The maximum atomic E-state index is 12.3. The lowest BCUT2D eigenvalue weighted by Crippen LogP contribution is -2.33. The lowest BCUT2D eigenvalue weighted by molar-refractivity contribution is 0.550. The Morgan fingerprint density at radius 1 is 1.48 bits per heavy atom. The zero-order valence-corrected chi connectivity index (χ0v) is 14.2. The second-order valence-electron chi connectivity index (χ2n) is 5.28. The summed E-state index contributed by atoms with van der Waals surface area (Å²) in [6, 6.07) is 0.0533. The summed E-state index contributed by atoms with van der Waals surface area (Å²) in [6.07, 6.45) is 8.01. The molecule has 2 unspecified atom stereocenters. The van der Waals surface area contributed by atoms with Crippen molar-refractivity contribution in [3.8, 4) is 0 Å². The minimum atomic E-state index is -3.45. The Morgan fingerprint density at radius 3 is 2.95 bits per heavy atom. The Balaban J connectivity index is 1.93. The molecule has 2 N–H and O–H groups in total. The molecule has 21 heavy (non-hydrogen) atoms. The van der Waals surface area contributed by atoms with E-state index < -0.39 is 10.0 Å². The van der Waals surface area contributed by atoms with Gasteiger partial charge >= 0.3 is 0 Å². The number of aromatic nitrogens is 2. The number of thioether (sulfide) groups is 1. The third kappa shape index (κ3) is 4.70. The molecule has 0 bridgehead atoms. The Morgan fingerprint density at radius 2 is 2.29 bits per heavy atom. The van der Waals surface area contributed by atoms with Crippen LogP contribution in [0.2, 0.25) is 0 Å². The number of rotatable bonds is 8. The van der Waals surface area contributed by atoms with E-state index in [2.05, 4.69) is 21.4 Å². The van der Waals surface area contributed by atoms with E-state index in [9.17, 15) is 8.42 Å². The molecule has 2 rings (SSSR count). The number of likely N-dealkylation sites (N-methyl/N-ethyl adjacent to an activating group) is 1. The molecule has 1 saturated carbocycles. The molecule has 1 fully saturated rings. The highest BCUT2D eigenvalue weighted by Crippen LogP contribution is 2.29. The van der Waals surface area contributed by atoms with E-state index in [4.69, 9.17) is 0 Å². The summed E-state index contributed by atoms with van der Waals surface area (Å²) in [4.78, 5) is 0.256. The van der Waals surface area contributed by atoms with Crippen molar-refractivity contribution in [1.29, 1.82) is 0 Å². The molecule has 1 aliphatic rings. The van der Waals surface area contributed by atoms with Crippen molar-refractivity contribution in [2.75, 3.05) is 19.3 Å². The highest BCUT2D eigenvalue weighted by Gasteiger charge is 2.28. The summed E-state index contributed by atoms with van der Waals surface area (Å²) in [6.45, 7) is 4.38. The second-order valence-corrected chi connectivity index (χ2v) is 8.13. The van der Waals surface area contributed by atoms with E-state index in [1.54, 1.807) is 10.9 Å². The van der Waals surface area contributed by atoms with E-state index in [0.717, 1.165) is 32.4 Å². The van der Waals surface area contributed by atoms with Gasteiger partial charge < -0.3 is 5.32 Å². The molecule has 0 aromatic carbocycles. The molecule has 120 valence electrons. The quantitative estimate of drug-likeness (QED) is 0.696. The van der Waals surface area contributed by atoms with Gasteiger partial charge in [0, 0.05) is 24.0 Å². The first-order valence-corrected chi connectivity index (χ1v) is 10.1. The van der Waals surface area contributed by atoms with E-state index in [-0.39, 0.29) is 10.9 Å². The third-order valence-corrected chi connectivity index (χ3v) is 6.30. The summed E-state index contributed by atoms with van der Waals surface area (Å²) < 4.78 is 29.1. The molecule has 0 amide bonds. The number of sulfonamides is 1. The first-order valence-electron chi connectivity index (χ1n) is 7.33. The first-order chi connectivity index (χ1) is 10.0. The average molecular weight is 332 g/mol. The van der Waals surface area contributed by atoms with Crippen molar-refractivity contribution < 1.29 is 8.42 Å². The Hall–Kier alpha value is -0.570. The zero-order chi connectivity index (χ0) is 15.3. The average Bonchev–Trinajstić information content (AvgIpc) is 3.08. The number of nitrogens with one attached hydrogen (secondary N) is 2. The van der Waals surface area contributed by atoms with Crippen LogP contribution in [0.25, 0.3) is 0 Å². The smallest absolute Gasteiger partial charge is 0.243 e. The Kier molecular flexibility index (Phi) is 6.09. The summed E-state index contributed by atoms with van der Waals surface area (Å²) in [5, 5.41) is 7.87. The summed E-state index contributed by atoms with van der Waals surface area (Å²) in [5.41, 5.74) is 0. The highest BCUT2D eigenvalue weighted by atomic mass is 32.2. The molecule has 6 nitrogen and oxygen atoms in total. The van der Waals surface area contributed by atoms with E-state index >= 15 is 0 Å². The number of hydrogen-bond acceptors (Lipinski definition) is 5. The van der Waals surface area contributed by atoms with Gasteiger partial charge in [0.2, 0.25) is 10.0 Å². The molecular weight excluding hydrogens is 308 g/mol. The van der Waals surface area contributed by atoms with E-state index in [0.29, 0.717) is 11.8 Å². The number of nitrogens with zero attached hydrogens (tertiary/aromatic N) is 2. The van der Waals surface area contributed by atoms with Gasteiger partial charge in [0.1, 0.15) is 4.90 Å². The largest absolute Gasteiger partial charge is 0.315 e. The van der Waals surface area contributed by atoms with Crippen molar-refractivity contribution in [3.05, 3.63) is 12.4 Å². The van der Waals surface area contributed by atoms with Crippen LogP contribution < -0.4 is 10.0 Å². The van der Waals surface area contributed by atoms with Crippen LogP contribution in [0.4, 0.5) is 0 Å². The SMILES string of the molecule is CCNCCn1cc(S(=O)(=O)NC2CCC(SC)C2)cn1. The maximum absolute atomic E-state index is 12.3. The van der Waals surface area contributed by atoms with Gasteiger partial charge in [0.15, 0.2) is 0 Å². The van der Waals surface area contributed by atoms with Crippen LogP contribution in [-0.2, 0) is 16.6 Å². The van der Waals surface area contributed by atoms with Gasteiger partial charge in [0.25, 0.3) is 0 Å². The van der Waals surface area contributed by atoms with Crippen molar-refractivity contribution >= 4 is 21.8 Å². The predicted octanol–water partition coefficient (Wildman–Crippen LogP) is 1.06. The Labute approximate surface area is 131 Å². The molecule has 1 heterocycles. The van der Waals surface area contributed by atoms with Crippen molar-refractivity contribution in [2.24, 2.45) is 0 Å². The van der Waals surface area contributed by atoms with Crippen LogP contribution in [0, 0.1) is 0 Å². The van der Waals surface area contributed by atoms with Gasteiger partial charge in [-0.15, -0.1) is 0 Å². The van der Waals surface area contributed by atoms with E-state index in [1.807, 2.05) is 18.7 Å². The van der Waals surface area contributed by atoms with Crippen molar-refractivity contribution in [1.82, 2.24) is 19.8 Å². The highest BCUT2D eigenvalue weighted by molar-refractivity contribution is 7.99. The summed E-state index contributed by atoms with van der Waals surface area (Å²) in [5.74, 6) is 0. The van der Waals surface area contributed by atoms with E-state index in [1.165, 1.54) is 6.20 Å². The molecule has 2 atom stereocenters. The maximum Gasteiger partial charge on any atom is 0.243 e. The van der Waals surface area contributed by atoms with Crippen LogP contribution in [0.5, 0.6) is 0 Å². The normalized spacial score (nSPS) is 22.8. The topological polar surface area (TPSA) is 76.0 Å². The minimum absolute atomic E-state index is 0.0533. The van der Waals surface area contributed by atoms with Crippen LogP contribution in [0.15, 0.2) is 17.3 Å². The molecule has 1 aromatic heterocycles. The minimum Gasteiger partial charge on any atom is -0.315 e. The van der Waals surface area contributed by atoms with Crippen LogP contribution >= 0.6 is 11.8 Å². The van der Waals surface area contributed by atoms with Crippen molar-refractivity contribution in [3.63, 3.8) is 0 Å². The number of hydrogen-bond donors (Lipinski definition) is 2. The molecule has 1 aromatic rings. The fraction of sp³-hybridized carbons (Fsp3) is 0.769. The first kappa shape index (κ1) is 16.8. The van der Waals surface area contributed by atoms with Crippen LogP contribution in [0.1, 0.15) is 26.2 Å². The summed E-state index contributed by atoms with van der Waals surface area (Å²) in [7, 11) is -3.45. The zero-order valence-electron chi connectivity index (χ0n) is 12.6. The lowest BCUT2D eigenvalue weighted by atomic mass is 10.3. The van der Waals surface area contributed by atoms with Crippen molar-refractivity contribution in [2.45, 2.75) is 48.9 Å². The molecular formula is C13H24N4O2S2. The van der Waals surface area contributed by atoms with Crippen LogP contribution in [0.3, 0.4) is 0 Å². The molecule has 0 saturated heterocycles. The van der Waals surface area contributed by atoms with Gasteiger partial charge in [-0.1, -0.05) is 6.92 Å². The van der Waals surface area contributed by atoms with Gasteiger partial charge in [0.05, 0.1) is 12.7 Å². The standard InChI is InChI=1S/C13H24N4O2S2/c1-3-14-6-7-17-10-13(9-15-17)21(18,19)16-11-4-5-12(8-11)20-2/h9-12,14,16H,3-8H2,1-2H3. The lowest BCUT2D eigenvalue weighted by Gasteiger charge is -2.12. The third-order valence-electron chi connectivity index (χ3n) is 3.73. The Bertz CT molecular complexity index is 544. The van der Waals surface area contributed by atoms with Gasteiger partial charge in [-0.2, -0.15) is 16.9 Å². The fourth-order valence-electron chi connectivity index (χ4n) is 2.52. The van der Waals surface area contributed by atoms with Gasteiger partial charge in [-0.25, -0.2) is 13.1 Å². The molecule has 8 heteroatoms. The van der Waals surface area contributed by atoms with Crippen LogP contribution in [-0.4, -0.2) is 48.8 Å². The monoisotopic (exact) mass is 332 g/mol. The van der Waals surface area contributed by atoms with Gasteiger partial charge in [-0.3, -0.25) is 4.68 Å². The van der Waals surface area contributed by atoms with Gasteiger partial charge in [-0.05, 0) is 32.1 Å². The summed E-state index contributed by atoms with van der Waals surface area (Å²) >= 11 is 1.82. The fourth-order valence-corrected chi connectivity index (χ4v) is 4.56.